The molecule has 1 atom stereocenters. The number of nitrogens with one attached hydrogen (secondary N) is 1. The highest BCUT2D eigenvalue weighted by Crippen LogP contribution is 2.34. The average Bonchev–Trinajstić information content (AvgIpc) is 2.42. The van der Waals surface area contributed by atoms with Gasteiger partial charge in [-0.25, -0.2) is 0 Å². The van der Waals surface area contributed by atoms with E-state index in [9.17, 15) is 0 Å². The standard InChI is InChI=1S/C16H23BrIN/c1-2-19-16(10-12-6-4-3-5-7-12)14-11-13(18)8-9-15(14)17/h8-9,11-12,16,19H,2-7,10H2,1H3. The molecule has 2 rings (SSSR count). The normalized spacial score (nSPS) is 18.5. The van der Waals surface area contributed by atoms with Gasteiger partial charge in [0.15, 0.2) is 0 Å². The molecule has 0 radical (unpaired) electrons. The molecule has 19 heavy (non-hydrogen) atoms. The maximum absolute atomic E-state index is 3.72. The zero-order valence-corrected chi connectivity index (χ0v) is 15.3. The molecule has 106 valence electrons. The van der Waals surface area contributed by atoms with Crippen molar-refractivity contribution in [2.45, 2.75) is 51.5 Å². The van der Waals surface area contributed by atoms with Crippen molar-refractivity contribution in [3.05, 3.63) is 31.8 Å². The van der Waals surface area contributed by atoms with E-state index in [0.29, 0.717) is 6.04 Å². The molecule has 1 nitrogen and oxygen atoms in total. The summed E-state index contributed by atoms with van der Waals surface area (Å²) < 4.78 is 2.57. The molecule has 1 N–H and O–H groups in total. The fourth-order valence-corrected chi connectivity index (χ4v) is 4.14. The van der Waals surface area contributed by atoms with Gasteiger partial charge < -0.3 is 5.32 Å². The summed E-state index contributed by atoms with van der Waals surface area (Å²) in [5, 5.41) is 3.68. The Hall–Kier alpha value is 0.390. The third kappa shape index (κ3) is 4.71. The minimum absolute atomic E-state index is 0.497. The molecule has 0 aliphatic heterocycles. The van der Waals surface area contributed by atoms with Crippen LogP contribution in [0.25, 0.3) is 0 Å². The number of rotatable bonds is 5. The molecule has 1 aliphatic rings. The third-order valence-electron chi connectivity index (χ3n) is 4.08. The highest BCUT2D eigenvalue weighted by atomic mass is 127. The van der Waals surface area contributed by atoms with E-state index in [-0.39, 0.29) is 0 Å². The van der Waals surface area contributed by atoms with E-state index < -0.39 is 0 Å². The monoisotopic (exact) mass is 435 g/mol. The lowest BCUT2D eigenvalue weighted by Gasteiger charge is -2.28. The summed E-state index contributed by atoms with van der Waals surface area (Å²) in [4.78, 5) is 0. The summed E-state index contributed by atoms with van der Waals surface area (Å²) in [6.45, 7) is 3.24. The molecular weight excluding hydrogens is 413 g/mol. The highest BCUT2D eigenvalue weighted by molar-refractivity contribution is 14.1. The fraction of sp³-hybridized carbons (Fsp3) is 0.625. The summed E-state index contributed by atoms with van der Waals surface area (Å²) in [5.74, 6) is 0.905. The van der Waals surface area contributed by atoms with Crippen LogP contribution in [-0.4, -0.2) is 6.54 Å². The number of halogens is 2. The van der Waals surface area contributed by atoms with Crippen molar-refractivity contribution in [1.29, 1.82) is 0 Å². The Morgan fingerprint density at radius 2 is 2.05 bits per heavy atom. The summed E-state index contributed by atoms with van der Waals surface area (Å²) in [5.41, 5.74) is 1.43. The highest BCUT2D eigenvalue weighted by Gasteiger charge is 2.21. The average molecular weight is 436 g/mol. The molecule has 1 aromatic rings. The molecule has 0 spiro atoms. The first-order valence-corrected chi connectivity index (χ1v) is 9.26. The number of hydrogen-bond acceptors (Lipinski definition) is 1. The Bertz CT molecular complexity index is 402. The quantitative estimate of drug-likeness (QED) is 0.587. The minimum Gasteiger partial charge on any atom is -0.310 e. The number of hydrogen-bond donors (Lipinski definition) is 1. The molecule has 0 heterocycles. The summed E-state index contributed by atoms with van der Waals surface area (Å²) in [6.07, 6.45) is 8.42. The molecular formula is C16H23BrIN. The van der Waals surface area contributed by atoms with Crippen LogP contribution in [0.5, 0.6) is 0 Å². The SMILES string of the molecule is CCNC(CC1CCCCC1)c1cc(I)ccc1Br. The van der Waals surface area contributed by atoms with Crippen LogP contribution in [0, 0.1) is 9.49 Å². The van der Waals surface area contributed by atoms with E-state index >= 15 is 0 Å². The molecule has 0 bridgehead atoms. The van der Waals surface area contributed by atoms with Gasteiger partial charge in [-0.2, -0.15) is 0 Å². The molecule has 0 amide bonds. The topological polar surface area (TPSA) is 12.0 Å². The van der Waals surface area contributed by atoms with Crippen LogP contribution in [0.1, 0.15) is 57.1 Å². The maximum atomic E-state index is 3.72. The second-order valence-electron chi connectivity index (χ2n) is 5.52. The first-order chi connectivity index (χ1) is 9.20. The van der Waals surface area contributed by atoms with Crippen LogP contribution < -0.4 is 5.32 Å². The maximum Gasteiger partial charge on any atom is 0.0334 e. The molecule has 3 heteroatoms. The second-order valence-corrected chi connectivity index (χ2v) is 7.62. The van der Waals surface area contributed by atoms with E-state index in [1.165, 1.54) is 52.1 Å². The van der Waals surface area contributed by atoms with Gasteiger partial charge in [0.1, 0.15) is 0 Å². The van der Waals surface area contributed by atoms with Gasteiger partial charge in [-0.1, -0.05) is 55.0 Å². The first-order valence-electron chi connectivity index (χ1n) is 7.39. The van der Waals surface area contributed by atoms with Crippen LogP contribution in [-0.2, 0) is 0 Å². The van der Waals surface area contributed by atoms with E-state index in [1.807, 2.05) is 0 Å². The third-order valence-corrected chi connectivity index (χ3v) is 5.47. The molecule has 0 saturated heterocycles. The van der Waals surface area contributed by atoms with Crippen molar-refractivity contribution in [2.24, 2.45) is 5.92 Å². The summed E-state index contributed by atoms with van der Waals surface area (Å²) in [6, 6.07) is 7.16. The van der Waals surface area contributed by atoms with Gasteiger partial charge in [-0.15, -0.1) is 0 Å². The van der Waals surface area contributed by atoms with Crippen LogP contribution >= 0.6 is 38.5 Å². The fourth-order valence-electron chi connectivity index (χ4n) is 3.10. The lowest BCUT2D eigenvalue weighted by Crippen LogP contribution is -2.24. The van der Waals surface area contributed by atoms with E-state index in [0.717, 1.165) is 12.5 Å². The van der Waals surface area contributed by atoms with Crippen LogP contribution in [0.3, 0.4) is 0 Å². The summed E-state index contributed by atoms with van der Waals surface area (Å²) >= 11 is 6.13. The first kappa shape index (κ1) is 15.8. The van der Waals surface area contributed by atoms with Gasteiger partial charge in [0.25, 0.3) is 0 Å². The Morgan fingerprint density at radius 3 is 2.74 bits per heavy atom. The van der Waals surface area contributed by atoms with Crippen molar-refractivity contribution in [3.8, 4) is 0 Å². The predicted octanol–water partition coefficient (Wildman–Crippen LogP) is 5.67. The smallest absolute Gasteiger partial charge is 0.0334 e. The van der Waals surface area contributed by atoms with Crippen molar-refractivity contribution in [3.63, 3.8) is 0 Å². The van der Waals surface area contributed by atoms with Gasteiger partial charge in [0.2, 0.25) is 0 Å². The van der Waals surface area contributed by atoms with Crippen LogP contribution in [0.4, 0.5) is 0 Å². The number of benzene rings is 1. The predicted molar refractivity (Wildman–Crippen MR) is 94.5 cm³/mol. The molecule has 1 saturated carbocycles. The zero-order valence-electron chi connectivity index (χ0n) is 11.6. The molecule has 1 unspecified atom stereocenters. The van der Waals surface area contributed by atoms with Gasteiger partial charge in [-0.05, 0) is 65.2 Å². The van der Waals surface area contributed by atoms with Gasteiger partial charge in [-0.3, -0.25) is 0 Å². The summed E-state index contributed by atoms with van der Waals surface area (Å²) in [7, 11) is 0. The van der Waals surface area contributed by atoms with Crippen LogP contribution in [0.15, 0.2) is 22.7 Å². The molecule has 1 fully saturated rings. The Kier molecular flexibility index (Phi) is 6.63. The van der Waals surface area contributed by atoms with Crippen LogP contribution in [0.2, 0.25) is 0 Å². The Labute approximate surface area is 139 Å². The van der Waals surface area contributed by atoms with Gasteiger partial charge in [0.05, 0.1) is 0 Å². The zero-order chi connectivity index (χ0) is 13.7. The van der Waals surface area contributed by atoms with E-state index in [4.69, 9.17) is 0 Å². The van der Waals surface area contributed by atoms with Gasteiger partial charge >= 0.3 is 0 Å². The largest absolute Gasteiger partial charge is 0.310 e. The van der Waals surface area contributed by atoms with Crippen molar-refractivity contribution >= 4 is 38.5 Å². The van der Waals surface area contributed by atoms with Crippen molar-refractivity contribution < 1.29 is 0 Å². The lowest BCUT2D eigenvalue weighted by atomic mass is 9.83. The van der Waals surface area contributed by atoms with Crippen molar-refractivity contribution in [2.75, 3.05) is 6.54 Å². The lowest BCUT2D eigenvalue weighted by molar-refractivity contribution is 0.301. The Balaban J connectivity index is 2.11. The molecule has 0 aromatic heterocycles. The van der Waals surface area contributed by atoms with Crippen molar-refractivity contribution in [1.82, 2.24) is 5.32 Å². The Morgan fingerprint density at radius 1 is 1.32 bits per heavy atom. The molecule has 1 aliphatic carbocycles. The van der Waals surface area contributed by atoms with E-state index in [2.05, 4.69) is 69.0 Å². The van der Waals surface area contributed by atoms with Gasteiger partial charge in [0, 0.05) is 14.1 Å². The molecule has 1 aromatic carbocycles. The second kappa shape index (κ2) is 7.99. The minimum atomic E-state index is 0.497. The van der Waals surface area contributed by atoms with E-state index in [1.54, 1.807) is 0 Å².